The summed E-state index contributed by atoms with van der Waals surface area (Å²) >= 11 is 0. The molecule has 1 fully saturated rings. The molecule has 0 bridgehead atoms. The molecule has 3 unspecified atom stereocenters. The average molecular weight is 274 g/mol. The van der Waals surface area contributed by atoms with Crippen molar-refractivity contribution in [3.8, 4) is 0 Å². The molecule has 0 spiro atoms. The molecule has 0 radical (unpaired) electrons. The van der Waals surface area contributed by atoms with Gasteiger partial charge >= 0.3 is 12.0 Å². The fraction of sp³-hybridized carbons (Fsp3) is 0.833. The first kappa shape index (κ1) is 15.7. The number of carbonyl (C=O) groups excluding carboxylic acids is 1. The number of aliphatic carboxylic acids is 1. The predicted molar refractivity (Wildman–Crippen MR) is 68.0 cm³/mol. The number of urea groups is 1. The zero-order valence-electron chi connectivity index (χ0n) is 11.6. The topological polar surface area (TPSA) is 88.1 Å². The molecule has 110 valence electrons. The molecule has 0 aromatic heterocycles. The van der Waals surface area contributed by atoms with Crippen LogP contribution in [0.3, 0.4) is 0 Å². The van der Waals surface area contributed by atoms with Crippen LogP contribution in [0.4, 0.5) is 4.79 Å². The highest BCUT2D eigenvalue weighted by Crippen LogP contribution is 2.15. The van der Waals surface area contributed by atoms with E-state index in [1.165, 1.54) is 0 Å². The average Bonchev–Trinajstić information content (AvgIpc) is 2.81. The van der Waals surface area contributed by atoms with Gasteiger partial charge in [-0.15, -0.1) is 0 Å². The minimum absolute atomic E-state index is 0.117. The Morgan fingerprint density at radius 3 is 2.26 bits per heavy atom. The molecule has 19 heavy (non-hydrogen) atoms. The molecule has 3 atom stereocenters. The molecule has 7 nitrogen and oxygen atoms in total. The summed E-state index contributed by atoms with van der Waals surface area (Å²) in [6.07, 6.45) is 0.179. The summed E-state index contributed by atoms with van der Waals surface area (Å²) in [5.41, 5.74) is 0. The zero-order chi connectivity index (χ0) is 14.4. The Morgan fingerprint density at radius 2 is 1.84 bits per heavy atom. The molecule has 1 aliphatic rings. The van der Waals surface area contributed by atoms with E-state index in [1.807, 2.05) is 0 Å². The Bertz CT molecular complexity index is 311. The maximum Gasteiger partial charge on any atom is 0.317 e. The SMILES string of the molecule is COC1CN(C(=O)NCCC(C)C(=O)O)CC1OC. The number of likely N-dealkylation sites (tertiary alicyclic amines) is 1. The van der Waals surface area contributed by atoms with Gasteiger partial charge in [0.05, 0.1) is 19.0 Å². The number of nitrogens with zero attached hydrogens (tertiary/aromatic N) is 1. The van der Waals surface area contributed by atoms with Crippen LogP contribution in [0.5, 0.6) is 0 Å². The van der Waals surface area contributed by atoms with Gasteiger partial charge in [0.25, 0.3) is 0 Å². The second-order valence-corrected chi connectivity index (χ2v) is 4.71. The fourth-order valence-electron chi connectivity index (χ4n) is 1.99. The normalized spacial score (nSPS) is 24.3. The van der Waals surface area contributed by atoms with E-state index in [0.717, 1.165) is 0 Å². The molecule has 1 aliphatic heterocycles. The predicted octanol–water partition coefficient (Wildman–Crippen LogP) is 0.152. The lowest BCUT2D eigenvalue weighted by Gasteiger charge is -2.17. The molecule has 0 aliphatic carbocycles. The highest BCUT2D eigenvalue weighted by atomic mass is 16.5. The number of hydrogen-bond acceptors (Lipinski definition) is 4. The van der Waals surface area contributed by atoms with Gasteiger partial charge in [0.1, 0.15) is 12.2 Å². The monoisotopic (exact) mass is 274 g/mol. The van der Waals surface area contributed by atoms with Crippen molar-refractivity contribution in [2.45, 2.75) is 25.6 Å². The van der Waals surface area contributed by atoms with Crippen molar-refractivity contribution in [3.63, 3.8) is 0 Å². The minimum Gasteiger partial charge on any atom is -0.481 e. The Labute approximate surface area is 112 Å². The van der Waals surface area contributed by atoms with E-state index >= 15 is 0 Å². The number of nitrogens with one attached hydrogen (secondary N) is 1. The number of ether oxygens (including phenoxy) is 2. The van der Waals surface area contributed by atoms with Crippen molar-refractivity contribution in [3.05, 3.63) is 0 Å². The van der Waals surface area contributed by atoms with Crippen molar-refractivity contribution < 1.29 is 24.2 Å². The number of carboxylic acids is 1. The van der Waals surface area contributed by atoms with Gasteiger partial charge in [0.15, 0.2) is 0 Å². The van der Waals surface area contributed by atoms with E-state index in [-0.39, 0.29) is 18.2 Å². The molecule has 1 saturated heterocycles. The highest BCUT2D eigenvalue weighted by molar-refractivity contribution is 5.75. The van der Waals surface area contributed by atoms with Crippen LogP contribution in [0.1, 0.15) is 13.3 Å². The van der Waals surface area contributed by atoms with E-state index in [0.29, 0.717) is 26.1 Å². The van der Waals surface area contributed by atoms with Crippen LogP contribution in [0.2, 0.25) is 0 Å². The molecule has 2 N–H and O–H groups in total. The summed E-state index contributed by atoms with van der Waals surface area (Å²) in [5.74, 6) is -1.31. The van der Waals surface area contributed by atoms with Gasteiger partial charge in [-0.3, -0.25) is 4.79 Å². The number of rotatable bonds is 6. The second kappa shape index (κ2) is 7.30. The van der Waals surface area contributed by atoms with Crippen LogP contribution in [0.15, 0.2) is 0 Å². The fourth-order valence-corrected chi connectivity index (χ4v) is 1.99. The summed E-state index contributed by atoms with van der Waals surface area (Å²) in [6.45, 7) is 2.93. The molecule has 1 heterocycles. The first-order valence-corrected chi connectivity index (χ1v) is 6.30. The maximum atomic E-state index is 11.9. The van der Waals surface area contributed by atoms with E-state index in [2.05, 4.69) is 5.32 Å². The number of carboxylic acid groups (broad SMARTS) is 1. The zero-order valence-corrected chi connectivity index (χ0v) is 11.6. The quantitative estimate of drug-likeness (QED) is 0.720. The second-order valence-electron chi connectivity index (χ2n) is 4.71. The lowest BCUT2D eigenvalue weighted by molar-refractivity contribution is -0.141. The largest absolute Gasteiger partial charge is 0.481 e. The summed E-state index contributed by atoms with van der Waals surface area (Å²) in [4.78, 5) is 24.1. The summed E-state index contributed by atoms with van der Waals surface area (Å²) in [6, 6.07) is -0.209. The number of carbonyl (C=O) groups is 2. The van der Waals surface area contributed by atoms with E-state index < -0.39 is 11.9 Å². The Balaban J connectivity index is 2.33. The van der Waals surface area contributed by atoms with Crippen molar-refractivity contribution >= 4 is 12.0 Å². The van der Waals surface area contributed by atoms with Gasteiger partial charge in [-0.2, -0.15) is 0 Å². The smallest absolute Gasteiger partial charge is 0.317 e. The van der Waals surface area contributed by atoms with Crippen LogP contribution in [-0.4, -0.2) is 68.1 Å². The van der Waals surface area contributed by atoms with Crippen LogP contribution in [0, 0.1) is 5.92 Å². The van der Waals surface area contributed by atoms with Gasteiger partial charge in [-0.25, -0.2) is 4.79 Å². The van der Waals surface area contributed by atoms with Crippen molar-refractivity contribution in [2.75, 3.05) is 33.9 Å². The molecule has 0 saturated carbocycles. The molecular weight excluding hydrogens is 252 g/mol. The van der Waals surface area contributed by atoms with Gasteiger partial charge in [-0.1, -0.05) is 6.92 Å². The minimum atomic E-state index is -0.852. The maximum absolute atomic E-state index is 11.9. The lowest BCUT2D eigenvalue weighted by Crippen LogP contribution is -2.40. The number of methoxy groups -OCH3 is 2. The third-order valence-corrected chi connectivity index (χ3v) is 3.38. The molecule has 2 amide bonds. The van der Waals surface area contributed by atoms with Gasteiger partial charge in [0, 0.05) is 20.8 Å². The van der Waals surface area contributed by atoms with E-state index in [4.69, 9.17) is 14.6 Å². The van der Waals surface area contributed by atoms with Crippen molar-refractivity contribution in [1.82, 2.24) is 10.2 Å². The molecule has 7 heteroatoms. The van der Waals surface area contributed by atoms with E-state index in [9.17, 15) is 9.59 Å². The summed E-state index contributed by atoms with van der Waals surface area (Å²) in [5, 5.41) is 11.4. The first-order chi connectivity index (χ1) is 8.99. The molecule has 0 aromatic rings. The standard InChI is InChI=1S/C12H22N2O5/c1-8(11(15)16)4-5-13-12(17)14-6-9(18-2)10(7-14)19-3/h8-10H,4-7H2,1-3H3,(H,13,17)(H,15,16). The molecule has 0 aromatic carbocycles. The van der Waals surface area contributed by atoms with Crippen molar-refractivity contribution in [1.29, 1.82) is 0 Å². The Morgan fingerprint density at radius 1 is 1.32 bits per heavy atom. The van der Waals surface area contributed by atoms with Gasteiger partial charge in [0.2, 0.25) is 0 Å². The van der Waals surface area contributed by atoms with Gasteiger partial charge in [-0.05, 0) is 6.42 Å². The van der Waals surface area contributed by atoms with Crippen molar-refractivity contribution in [2.24, 2.45) is 5.92 Å². The highest BCUT2D eigenvalue weighted by Gasteiger charge is 2.35. The summed E-state index contributed by atoms with van der Waals surface area (Å²) in [7, 11) is 3.18. The Kier molecular flexibility index (Phi) is 6.04. The Hall–Kier alpha value is -1.34. The van der Waals surface area contributed by atoms with Gasteiger partial charge < -0.3 is 24.8 Å². The van der Waals surface area contributed by atoms with Crippen LogP contribution >= 0.6 is 0 Å². The first-order valence-electron chi connectivity index (χ1n) is 6.30. The number of hydrogen-bond donors (Lipinski definition) is 2. The lowest BCUT2D eigenvalue weighted by atomic mass is 10.1. The molecular formula is C12H22N2O5. The van der Waals surface area contributed by atoms with Crippen LogP contribution in [0.25, 0.3) is 0 Å². The van der Waals surface area contributed by atoms with Crippen LogP contribution in [-0.2, 0) is 14.3 Å². The third-order valence-electron chi connectivity index (χ3n) is 3.38. The summed E-state index contributed by atoms with van der Waals surface area (Å²) < 4.78 is 10.5. The molecule has 1 rings (SSSR count). The third kappa shape index (κ3) is 4.36. The van der Waals surface area contributed by atoms with E-state index in [1.54, 1.807) is 26.0 Å². The van der Waals surface area contributed by atoms with Crippen LogP contribution < -0.4 is 5.32 Å². The number of amides is 2.